The Kier molecular flexibility index (Phi) is 4.40. The van der Waals surface area contributed by atoms with E-state index in [-0.39, 0.29) is 0 Å². The first kappa shape index (κ1) is 17.0. The van der Waals surface area contributed by atoms with Crippen molar-refractivity contribution in [1.29, 1.82) is 0 Å². The van der Waals surface area contributed by atoms with Gasteiger partial charge in [-0.3, -0.25) is 5.21 Å². The molecule has 0 aliphatic carbocycles. The smallest absolute Gasteiger partial charge is 0.268 e. The van der Waals surface area contributed by atoms with E-state index in [1.54, 1.807) is 32.2 Å². The quantitative estimate of drug-likeness (QED) is 0.548. The number of nitrogens with zero attached hydrogens (tertiary/aromatic N) is 3. The van der Waals surface area contributed by atoms with Crippen molar-refractivity contribution in [3.8, 4) is 0 Å². The molecule has 0 spiro atoms. The number of unbranched alkanes of at least 4 members (excludes halogenated alkanes) is 1. The maximum absolute atomic E-state index is 10.3. The molecule has 0 amide bonds. The molecule has 0 bridgehead atoms. The van der Waals surface area contributed by atoms with Gasteiger partial charge in [0, 0.05) is 22.2 Å². The molecule has 0 atom stereocenters. The van der Waals surface area contributed by atoms with Gasteiger partial charge in [-0.05, 0) is 32.4 Å². The van der Waals surface area contributed by atoms with Crippen molar-refractivity contribution in [1.82, 2.24) is 9.55 Å². The van der Waals surface area contributed by atoms with E-state index in [0.717, 1.165) is 40.7 Å². The molecule has 6 heteroatoms. The van der Waals surface area contributed by atoms with Crippen molar-refractivity contribution in [2.75, 3.05) is 0 Å². The lowest BCUT2D eigenvalue weighted by Gasteiger charge is -2.20. The Labute approximate surface area is 146 Å². The van der Waals surface area contributed by atoms with Gasteiger partial charge in [0.2, 0.25) is 0 Å². The van der Waals surface area contributed by atoms with E-state index in [9.17, 15) is 10.3 Å². The molecule has 5 nitrogen and oxygen atoms in total. The number of halogens is 1. The third-order valence-electron chi connectivity index (χ3n) is 4.08. The number of fused-ring (bicyclic) bond motifs is 3. The zero-order valence-electron chi connectivity index (χ0n) is 14.3. The average Bonchev–Trinajstić information content (AvgIpc) is 2.81. The summed E-state index contributed by atoms with van der Waals surface area (Å²) in [6.45, 7) is 6.16. The lowest BCUT2D eigenvalue weighted by Crippen LogP contribution is -2.31. The highest BCUT2D eigenvalue weighted by Crippen LogP contribution is 2.27. The minimum absolute atomic E-state index is 0.440. The van der Waals surface area contributed by atoms with E-state index < -0.39 is 5.60 Å². The number of rotatable bonds is 5. The Morgan fingerprint density at radius 2 is 2.08 bits per heavy atom. The minimum atomic E-state index is -0.863. The molecule has 0 unspecified atom stereocenters. The van der Waals surface area contributed by atoms with Gasteiger partial charge in [-0.2, -0.15) is 0 Å². The molecule has 3 aromatic rings. The van der Waals surface area contributed by atoms with Gasteiger partial charge in [0.25, 0.3) is 11.7 Å². The van der Waals surface area contributed by atoms with E-state index in [0.29, 0.717) is 22.6 Å². The van der Waals surface area contributed by atoms with Crippen molar-refractivity contribution >= 4 is 33.5 Å². The second-order valence-electron chi connectivity index (χ2n) is 6.90. The van der Waals surface area contributed by atoms with E-state index in [4.69, 9.17) is 16.6 Å². The maximum Gasteiger partial charge on any atom is 0.268 e. The van der Waals surface area contributed by atoms with Gasteiger partial charge < -0.3 is 9.67 Å². The standard InChI is InChI=1S/C18H23ClN3O2/c1-4-5-6-16-20-14-10-22(24)15-9-12(19)7-8-13(15)17(14)21(16)11-18(2,3)23/h7-10,23-24H,4-6,11H2,1-3H3/q+1. The zero-order valence-corrected chi connectivity index (χ0v) is 15.0. The van der Waals surface area contributed by atoms with Crippen LogP contribution in [0.2, 0.25) is 5.02 Å². The van der Waals surface area contributed by atoms with E-state index >= 15 is 0 Å². The third kappa shape index (κ3) is 3.19. The predicted octanol–water partition coefficient (Wildman–Crippen LogP) is 3.48. The second-order valence-corrected chi connectivity index (χ2v) is 7.34. The lowest BCUT2D eigenvalue weighted by atomic mass is 10.1. The van der Waals surface area contributed by atoms with Crippen LogP contribution in [0.1, 0.15) is 39.4 Å². The molecule has 0 radical (unpaired) electrons. The third-order valence-corrected chi connectivity index (χ3v) is 4.31. The molecule has 0 fully saturated rings. The van der Waals surface area contributed by atoms with Crippen molar-refractivity contribution in [3.63, 3.8) is 0 Å². The van der Waals surface area contributed by atoms with Crippen molar-refractivity contribution in [3.05, 3.63) is 35.2 Å². The van der Waals surface area contributed by atoms with Crippen molar-refractivity contribution in [2.45, 2.75) is 52.2 Å². The Hall–Kier alpha value is -1.85. The summed E-state index contributed by atoms with van der Waals surface area (Å²) in [5.74, 6) is 0.927. The highest BCUT2D eigenvalue weighted by molar-refractivity contribution is 6.31. The summed E-state index contributed by atoms with van der Waals surface area (Å²) < 4.78 is 3.13. The Morgan fingerprint density at radius 3 is 2.75 bits per heavy atom. The molecule has 128 valence electrons. The molecule has 0 aliphatic rings. The molecule has 2 N–H and O–H groups in total. The zero-order chi connectivity index (χ0) is 17.5. The minimum Gasteiger partial charge on any atom is -0.389 e. The van der Waals surface area contributed by atoms with Crippen molar-refractivity contribution < 1.29 is 15.0 Å². The van der Waals surface area contributed by atoms with E-state index in [1.165, 1.54) is 0 Å². The summed E-state index contributed by atoms with van der Waals surface area (Å²) in [7, 11) is 0. The fourth-order valence-corrected chi connectivity index (χ4v) is 3.22. The number of hydrogen-bond donors (Lipinski definition) is 2. The second kappa shape index (κ2) is 6.22. The molecule has 2 heterocycles. The van der Waals surface area contributed by atoms with Gasteiger partial charge in [-0.15, -0.1) is 0 Å². The van der Waals surface area contributed by atoms with Gasteiger partial charge in [0.1, 0.15) is 5.82 Å². The summed E-state index contributed by atoms with van der Waals surface area (Å²) >= 11 is 6.07. The molecular weight excluding hydrogens is 326 g/mol. The molecule has 1 aromatic carbocycles. The largest absolute Gasteiger partial charge is 0.389 e. The van der Waals surface area contributed by atoms with Gasteiger partial charge in [-0.1, -0.05) is 24.9 Å². The summed E-state index contributed by atoms with van der Waals surface area (Å²) in [6.07, 6.45) is 4.53. The summed E-state index contributed by atoms with van der Waals surface area (Å²) in [5.41, 5.74) is 1.38. The molecule has 0 aliphatic heterocycles. The van der Waals surface area contributed by atoms with Crippen LogP contribution in [-0.4, -0.2) is 25.5 Å². The monoisotopic (exact) mass is 348 g/mol. The van der Waals surface area contributed by atoms with Gasteiger partial charge in [-0.25, -0.2) is 4.98 Å². The normalized spacial score (nSPS) is 12.4. The first-order chi connectivity index (χ1) is 11.3. The van der Waals surface area contributed by atoms with Crippen LogP contribution in [0.25, 0.3) is 21.9 Å². The Balaban J connectivity index is 2.33. The molecule has 24 heavy (non-hydrogen) atoms. The number of aliphatic hydroxyl groups is 1. The van der Waals surface area contributed by atoms with Crippen LogP contribution < -0.4 is 4.73 Å². The highest BCUT2D eigenvalue weighted by Gasteiger charge is 2.24. The van der Waals surface area contributed by atoms with Gasteiger partial charge in [0.15, 0.2) is 5.52 Å². The molecule has 3 rings (SSSR count). The number of aryl methyl sites for hydroxylation is 1. The molecular formula is C18H23ClN3O2+. The summed E-state index contributed by atoms with van der Waals surface area (Å²) in [6, 6.07) is 5.42. The van der Waals surface area contributed by atoms with Crippen LogP contribution >= 0.6 is 11.6 Å². The van der Waals surface area contributed by atoms with Crippen LogP contribution in [0.15, 0.2) is 24.4 Å². The highest BCUT2D eigenvalue weighted by atomic mass is 35.5. The average molecular weight is 349 g/mol. The number of pyridine rings is 1. The molecule has 0 saturated heterocycles. The van der Waals surface area contributed by atoms with Crippen molar-refractivity contribution in [2.24, 2.45) is 0 Å². The van der Waals surface area contributed by atoms with Crippen LogP contribution in [0.4, 0.5) is 0 Å². The number of imidazole rings is 1. The van der Waals surface area contributed by atoms with Gasteiger partial charge in [0.05, 0.1) is 23.0 Å². The van der Waals surface area contributed by atoms with Crippen LogP contribution in [0.5, 0.6) is 0 Å². The topological polar surface area (TPSA) is 62.2 Å². The number of hydrogen-bond acceptors (Lipinski definition) is 3. The van der Waals surface area contributed by atoms with Crippen LogP contribution in [0.3, 0.4) is 0 Å². The maximum atomic E-state index is 10.3. The summed E-state index contributed by atoms with van der Waals surface area (Å²) in [4.78, 5) is 4.71. The van der Waals surface area contributed by atoms with Crippen LogP contribution in [0, 0.1) is 0 Å². The van der Waals surface area contributed by atoms with E-state index in [2.05, 4.69) is 11.5 Å². The lowest BCUT2D eigenvalue weighted by molar-refractivity contribution is -0.883. The summed E-state index contributed by atoms with van der Waals surface area (Å²) in [5, 5.41) is 22.0. The first-order valence-electron chi connectivity index (χ1n) is 8.25. The molecule has 0 saturated carbocycles. The predicted molar refractivity (Wildman–Crippen MR) is 94.5 cm³/mol. The van der Waals surface area contributed by atoms with Crippen LogP contribution in [-0.2, 0) is 13.0 Å². The number of benzene rings is 1. The number of aromatic nitrogens is 3. The Morgan fingerprint density at radius 1 is 1.33 bits per heavy atom. The fraction of sp³-hybridized carbons (Fsp3) is 0.444. The van der Waals surface area contributed by atoms with Gasteiger partial charge >= 0.3 is 0 Å². The Bertz CT molecular complexity index is 897. The molecule has 2 aromatic heterocycles. The fourth-order valence-electron chi connectivity index (χ4n) is 3.06. The SMILES string of the molecule is CCCCc1nc2c[n+](O)c3cc(Cl)ccc3c2n1CC(C)(C)O. The first-order valence-corrected chi connectivity index (χ1v) is 8.62. The van der Waals surface area contributed by atoms with E-state index in [1.807, 2.05) is 6.07 Å².